The zero-order chi connectivity index (χ0) is 32.2. The molecule has 1 aliphatic carbocycles. The summed E-state index contributed by atoms with van der Waals surface area (Å²) in [6.07, 6.45) is 8.78. The van der Waals surface area contributed by atoms with Gasteiger partial charge in [-0.2, -0.15) is 0 Å². The first-order valence-corrected chi connectivity index (χ1v) is 23.5. The molecule has 1 saturated carbocycles. The Morgan fingerprint density at radius 2 is 1.42 bits per heavy atom. The highest BCUT2D eigenvalue weighted by atomic mass is 32.1. The predicted octanol–water partition coefficient (Wildman–Crippen LogP) is 11.1. The fraction of sp³-hybridized carbons (Fsp3) is 0.750. The molecule has 1 N–H and O–H groups in total. The van der Waals surface area contributed by atoms with Crippen LogP contribution in [0.1, 0.15) is 117 Å². The molecule has 43 heavy (non-hydrogen) atoms. The minimum absolute atomic E-state index is 0.138. The molecular formula is C36H62O4SSi2. The van der Waals surface area contributed by atoms with Crippen molar-refractivity contribution < 1.29 is 18.8 Å². The van der Waals surface area contributed by atoms with E-state index < -0.39 is 22.7 Å². The molecule has 3 rings (SSSR count). The fourth-order valence-corrected chi connectivity index (χ4v) is 9.93. The number of unbranched alkanes of at least 4 members (excludes halogenated alkanes) is 3. The number of hydrogen-bond donors (Lipinski definition) is 1. The van der Waals surface area contributed by atoms with Gasteiger partial charge in [0.05, 0.1) is 18.3 Å². The molecule has 7 heteroatoms. The first-order valence-electron chi connectivity index (χ1n) is 16.8. The van der Waals surface area contributed by atoms with E-state index >= 15 is 0 Å². The number of ketones is 1. The SMILES string of the molecule is CC(=O)CCCCCC[C@H]1[C@@H](O[Si](C)(C)C(C)(C)C)CC(O[Si](C)(C)C(C)(C)C)[C@@H]1CCC(O)c1cc2ccccc2s1. The van der Waals surface area contributed by atoms with E-state index in [2.05, 4.69) is 98.1 Å². The second-order valence-corrected chi connectivity index (χ2v) is 27.0. The fourth-order valence-electron chi connectivity index (χ4n) is 6.08. The van der Waals surface area contributed by atoms with Gasteiger partial charge in [-0.1, -0.05) is 79.0 Å². The molecule has 1 aromatic heterocycles. The van der Waals surface area contributed by atoms with Crippen molar-refractivity contribution in [1.82, 2.24) is 0 Å². The summed E-state index contributed by atoms with van der Waals surface area (Å²) in [5.74, 6) is 1.08. The Balaban J connectivity index is 1.86. The van der Waals surface area contributed by atoms with Gasteiger partial charge in [-0.15, -0.1) is 11.3 Å². The molecular weight excluding hydrogens is 585 g/mol. The van der Waals surface area contributed by atoms with Gasteiger partial charge >= 0.3 is 0 Å². The van der Waals surface area contributed by atoms with Crippen LogP contribution < -0.4 is 0 Å². The van der Waals surface area contributed by atoms with Crippen LogP contribution in [0.15, 0.2) is 30.3 Å². The standard InChI is InChI=1S/C36H62O4SSi2/c1-26(37)18-14-12-13-15-20-28-29(22-23-30(38)34-24-27-19-16-17-21-33(27)41-34)32(40-43(10,11)36(5,6)7)25-31(28)39-42(8,9)35(2,3)4/h16-17,19,21,24,28-32,38H,12-15,18,20,22-23,25H2,1-11H3/t28-,29-,30?,31+,32?/m1/s1. The number of aliphatic hydroxyl groups is 1. The van der Waals surface area contributed by atoms with Crippen LogP contribution in [0.25, 0.3) is 10.1 Å². The van der Waals surface area contributed by atoms with Gasteiger partial charge in [0.1, 0.15) is 5.78 Å². The number of carbonyl (C=O) groups is 1. The highest BCUT2D eigenvalue weighted by Crippen LogP contribution is 2.49. The summed E-state index contributed by atoms with van der Waals surface area (Å²) >= 11 is 1.72. The van der Waals surface area contributed by atoms with E-state index in [0.717, 1.165) is 56.2 Å². The third-order valence-corrected chi connectivity index (χ3v) is 21.1. The van der Waals surface area contributed by atoms with Gasteiger partial charge in [-0.05, 0) is 105 Å². The van der Waals surface area contributed by atoms with Gasteiger partial charge in [0.25, 0.3) is 0 Å². The van der Waals surface area contributed by atoms with E-state index in [9.17, 15) is 9.90 Å². The monoisotopic (exact) mass is 646 g/mol. The van der Waals surface area contributed by atoms with E-state index in [1.54, 1.807) is 18.3 Å². The van der Waals surface area contributed by atoms with E-state index in [4.69, 9.17) is 8.85 Å². The van der Waals surface area contributed by atoms with Crippen LogP contribution >= 0.6 is 11.3 Å². The number of aliphatic hydroxyl groups excluding tert-OH is 1. The first-order chi connectivity index (χ1) is 19.8. The Hall–Kier alpha value is -0.836. The topological polar surface area (TPSA) is 55.8 Å². The van der Waals surface area contributed by atoms with Crippen molar-refractivity contribution in [2.24, 2.45) is 11.8 Å². The molecule has 244 valence electrons. The predicted molar refractivity (Wildman–Crippen MR) is 190 cm³/mol. The summed E-state index contributed by atoms with van der Waals surface area (Å²) in [7, 11) is -3.99. The summed E-state index contributed by atoms with van der Waals surface area (Å²) in [5, 5.41) is 12.9. The maximum Gasteiger partial charge on any atom is 0.192 e. The molecule has 1 heterocycles. The summed E-state index contributed by atoms with van der Waals surface area (Å²) in [5.41, 5.74) is 0. The molecule has 0 saturated heterocycles. The van der Waals surface area contributed by atoms with Gasteiger partial charge in [-0.25, -0.2) is 0 Å². The number of rotatable bonds is 15. The molecule has 2 unspecified atom stereocenters. The van der Waals surface area contributed by atoms with Gasteiger partial charge in [0.15, 0.2) is 16.6 Å². The second kappa shape index (κ2) is 14.7. The lowest BCUT2D eigenvalue weighted by molar-refractivity contribution is -0.117. The third kappa shape index (κ3) is 9.82. The van der Waals surface area contributed by atoms with Crippen LogP contribution in [-0.4, -0.2) is 39.7 Å². The van der Waals surface area contributed by atoms with Crippen LogP contribution in [0.5, 0.6) is 0 Å². The molecule has 0 amide bonds. The Morgan fingerprint density at radius 1 is 0.884 bits per heavy atom. The lowest BCUT2D eigenvalue weighted by atomic mass is 9.84. The average Bonchev–Trinajstić information content (AvgIpc) is 3.44. The number of fused-ring (bicyclic) bond motifs is 1. The summed E-state index contributed by atoms with van der Waals surface area (Å²) in [4.78, 5) is 12.5. The van der Waals surface area contributed by atoms with Gasteiger partial charge < -0.3 is 18.8 Å². The van der Waals surface area contributed by atoms with Crippen molar-refractivity contribution in [3.63, 3.8) is 0 Å². The van der Waals surface area contributed by atoms with Crippen molar-refractivity contribution in [3.05, 3.63) is 35.2 Å². The minimum atomic E-state index is -2.00. The average molecular weight is 647 g/mol. The molecule has 5 atom stereocenters. The zero-order valence-corrected chi connectivity index (χ0v) is 32.0. The summed E-state index contributed by atoms with van der Waals surface area (Å²) < 4.78 is 15.7. The molecule has 0 bridgehead atoms. The third-order valence-electron chi connectivity index (χ3n) is 10.8. The second-order valence-electron chi connectivity index (χ2n) is 16.3. The maximum absolute atomic E-state index is 11.4. The number of carbonyl (C=O) groups excluding carboxylic acids is 1. The van der Waals surface area contributed by atoms with Gasteiger partial charge in [0.2, 0.25) is 0 Å². The Kier molecular flexibility index (Phi) is 12.5. The van der Waals surface area contributed by atoms with Crippen LogP contribution in [-0.2, 0) is 13.6 Å². The van der Waals surface area contributed by atoms with Crippen molar-refractivity contribution in [3.8, 4) is 0 Å². The number of thiophene rings is 1. The molecule has 1 fully saturated rings. The smallest absolute Gasteiger partial charge is 0.192 e. The van der Waals surface area contributed by atoms with Gasteiger partial charge in [-0.3, -0.25) is 0 Å². The number of hydrogen-bond acceptors (Lipinski definition) is 5. The molecule has 1 aliphatic rings. The highest BCUT2D eigenvalue weighted by molar-refractivity contribution is 7.19. The van der Waals surface area contributed by atoms with Gasteiger partial charge in [0, 0.05) is 16.0 Å². The quantitative estimate of drug-likeness (QED) is 0.154. The summed E-state index contributed by atoms with van der Waals surface area (Å²) in [6, 6.07) is 10.6. The lowest BCUT2D eigenvalue weighted by Gasteiger charge is -2.40. The van der Waals surface area contributed by atoms with E-state index in [-0.39, 0.29) is 22.3 Å². The van der Waals surface area contributed by atoms with Crippen LogP contribution in [0.2, 0.25) is 36.3 Å². The van der Waals surface area contributed by atoms with Crippen LogP contribution in [0.4, 0.5) is 0 Å². The molecule has 0 spiro atoms. The number of Topliss-reactive ketones (excluding diaryl/α,β-unsaturated/α-hetero) is 1. The number of benzene rings is 1. The van der Waals surface area contributed by atoms with Crippen LogP contribution in [0, 0.1) is 11.8 Å². The Bertz CT molecular complexity index is 1140. The van der Waals surface area contributed by atoms with E-state index in [0.29, 0.717) is 24.0 Å². The molecule has 4 nitrogen and oxygen atoms in total. The van der Waals surface area contributed by atoms with Crippen molar-refractivity contribution in [1.29, 1.82) is 0 Å². The first kappa shape index (κ1) is 36.6. The van der Waals surface area contributed by atoms with Crippen LogP contribution in [0.3, 0.4) is 0 Å². The summed E-state index contributed by atoms with van der Waals surface area (Å²) in [6.45, 7) is 25.2. The Labute approximate surface area is 269 Å². The molecule has 1 aromatic carbocycles. The lowest BCUT2D eigenvalue weighted by Crippen LogP contribution is -2.45. The van der Waals surface area contributed by atoms with E-state index in [1.165, 1.54) is 10.1 Å². The minimum Gasteiger partial charge on any atom is -0.414 e. The molecule has 0 radical (unpaired) electrons. The van der Waals surface area contributed by atoms with Crippen molar-refractivity contribution in [2.45, 2.75) is 161 Å². The largest absolute Gasteiger partial charge is 0.414 e. The maximum atomic E-state index is 11.4. The molecule has 2 aromatic rings. The van der Waals surface area contributed by atoms with Crippen molar-refractivity contribution in [2.75, 3.05) is 0 Å². The normalized spacial score (nSPS) is 22.8. The zero-order valence-electron chi connectivity index (χ0n) is 29.2. The van der Waals surface area contributed by atoms with Crippen molar-refractivity contribution >= 4 is 43.8 Å². The molecule has 0 aliphatic heterocycles. The van der Waals surface area contributed by atoms with E-state index in [1.807, 2.05) is 0 Å². The highest BCUT2D eigenvalue weighted by Gasteiger charge is 2.51. The Morgan fingerprint density at radius 3 is 1.95 bits per heavy atom.